The molecule has 92 valence electrons. The van der Waals surface area contributed by atoms with E-state index in [1.807, 2.05) is 13.8 Å². The molecule has 0 saturated heterocycles. The lowest BCUT2D eigenvalue weighted by molar-refractivity contribution is -0.120. The van der Waals surface area contributed by atoms with Gasteiger partial charge in [-0.3, -0.25) is 4.79 Å². The number of carbonyl (C=O) groups excluding carboxylic acids is 1. The smallest absolute Gasteiger partial charge is 0.250 e. The lowest BCUT2D eigenvalue weighted by atomic mass is 9.89. The fourth-order valence-corrected chi connectivity index (χ4v) is 2.09. The van der Waals surface area contributed by atoms with Crippen LogP contribution < -0.4 is 10.6 Å². The van der Waals surface area contributed by atoms with Crippen molar-refractivity contribution in [2.45, 2.75) is 32.2 Å². The molecule has 5 heteroatoms. The predicted octanol–water partition coefficient (Wildman–Crippen LogP) is 2.89. The summed E-state index contributed by atoms with van der Waals surface area (Å²) in [4.78, 5) is 11.9. The summed E-state index contributed by atoms with van der Waals surface area (Å²) in [6, 6.07) is 1.95. The van der Waals surface area contributed by atoms with E-state index < -0.39 is 17.2 Å². The van der Waals surface area contributed by atoms with E-state index in [2.05, 4.69) is 10.6 Å². The summed E-state index contributed by atoms with van der Waals surface area (Å²) in [5.74, 6) is -1.70. The maximum atomic E-state index is 13.5. The number of rotatable bonds is 2. The minimum Gasteiger partial charge on any atom is -0.369 e. The monoisotopic (exact) mass is 240 g/mol. The summed E-state index contributed by atoms with van der Waals surface area (Å²) in [7, 11) is 0. The molecular weight excluding hydrogens is 226 g/mol. The average Bonchev–Trinajstić information content (AvgIpc) is 2.29. The van der Waals surface area contributed by atoms with Crippen molar-refractivity contribution in [1.82, 2.24) is 0 Å². The van der Waals surface area contributed by atoms with Crippen LogP contribution in [0.1, 0.15) is 26.7 Å². The zero-order chi connectivity index (χ0) is 12.6. The molecule has 1 aliphatic heterocycles. The van der Waals surface area contributed by atoms with Gasteiger partial charge in [0.15, 0.2) is 5.82 Å². The molecule has 2 rings (SSSR count). The van der Waals surface area contributed by atoms with Crippen LogP contribution in [0.4, 0.5) is 20.2 Å². The molecule has 1 aliphatic rings. The number of hydrogen-bond acceptors (Lipinski definition) is 2. The standard InChI is InChI=1S/C12H14F2N2O/c1-3-12(4-2)11(17)15-10-8(14)5-7(13)6-9(10)16-12/h5-6,16H,3-4H2,1-2H3,(H,15,17). The molecule has 0 unspecified atom stereocenters. The second-order valence-corrected chi connectivity index (χ2v) is 4.18. The van der Waals surface area contributed by atoms with E-state index >= 15 is 0 Å². The van der Waals surface area contributed by atoms with E-state index in [9.17, 15) is 13.6 Å². The summed E-state index contributed by atoms with van der Waals surface area (Å²) >= 11 is 0. The second kappa shape index (κ2) is 3.98. The van der Waals surface area contributed by atoms with Gasteiger partial charge in [-0.05, 0) is 18.9 Å². The normalized spacial score (nSPS) is 17.1. The van der Waals surface area contributed by atoms with Gasteiger partial charge in [0.05, 0.1) is 5.69 Å². The number of hydrogen-bond donors (Lipinski definition) is 2. The number of nitrogens with one attached hydrogen (secondary N) is 2. The SMILES string of the molecule is CCC1(CC)Nc2cc(F)cc(F)c2NC1=O. The van der Waals surface area contributed by atoms with E-state index in [0.717, 1.165) is 6.07 Å². The Kier molecular flexibility index (Phi) is 2.77. The molecular formula is C12H14F2N2O. The highest BCUT2D eigenvalue weighted by Crippen LogP contribution is 2.36. The van der Waals surface area contributed by atoms with Crippen LogP contribution in [0.3, 0.4) is 0 Å². The molecule has 0 radical (unpaired) electrons. The highest BCUT2D eigenvalue weighted by atomic mass is 19.1. The van der Waals surface area contributed by atoms with Crippen LogP contribution in [0.2, 0.25) is 0 Å². The first-order valence-electron chi connectivity index (χ1n) is 5.61. The minimum absolute atomic E-state index is 0.0222. The molecule has 0 fully saturated rings. The van der Waals surface area contributed by atoms with Crippen molar-refractivity contribution in [3.8, 4) is 0 Å². The number of carbonyl (C=O) groups is 1. The number of fused-ring (bicyclic) bond motifs is 1. The Labute approximate surface area is 98.2 Å². The number of halogens is 2. The summed E-state index contributed by atoms with van der Waals surface area (Å²) in [5.41, 5.74) is -0.465. The van der Waals surface area contributed by atoms with Crippen molar-refractivity contribution in [2.75, 3.05) is 10.6 Å². The maximum absolute atomic E-state index is 13.5. The lowest BCUT2D eigenvalue weighted by Crippen LogP contribution is -2.51. The zero-order valence-corrected chi connectivity index (χ0v) is 9.73. The van der Waals surface area contributed by atoms with Crippen molar-refractivity contribution >= 4 is 17.3 Å². The molecule has 2 N–H and O–H groups in total. The Balaban J connectivity index is 2.51. The molecule has 1 aromatic rings. The van der Waals surface area contributed by atoms with Gasteiger partial charge in [-0.25, -0.2) is 8.78 Å². The Morgan fingerprint density at radius 3 is 2.47 bits per heavy atom. The number of amides is 1. The van der Waals surface area contributed by atoms with Gasteiger partial charge < -0.3 is 10.6 Å². The molecule has 1 aromatic carbocycles. The fraction of sp³-hybridized carbons (Fsp3) is 0.417. The van der Waals surface area contributed by atoms with E-state index in [0.29, 0.717) is 18.5 Å². The summed E-state index contributed by atoms with van der Waals surface area (Å²) in [6.45, 7) is 3.72. The van der Waals surface area contributed by atoms with Gasteiger partial charge in [0, 0.05) is 6.07 Å². The summed E-state index contributed by atoms with van der Waals surface area (Å²) in [6.07, 6.45) is 1.10. The number of anilines is 2. The van der Waals surface area contributed by atoms with Crippen molar-refractivity contribution in [3.05, 3.63) is 23.8 Å². The van der Waals surface area contributed by atoms with E-state index in [1.165, 1.54) is 6.07 Å². The van der Waals surface area contributed by atoms with Gasteiger partial charge in [0.1, 0.15) is 17.0 Å². The van der Waals surface area contributed by atoms with Gasteiger partial charge in [-0.1, -0.05) is 13.8 Å². The zero-order valence-electron chi connectivity index (χ0n) is 9.73. The highest BCUT2D eigenvalue weighted by Gasteiger charge is 2.39. The molecule has 17 heavy (non-hydrogen) atoms. The van der Waals surface area contributed by atoms with E-state index in [-0.39, 0.29) is 11.6 Å². The molecule has 1 amide bonds. The summed E-state index contributed by atoms with van der Waals surface area (Å²) < 4.78 is 26.6. The Morgan fingerprint density at radius 1 is 1.24 bits per heavy atom. The second-order valence-electron chi connectivity index (χ2n) is 4.18. The molecule has 0 aliphatic carbocycles. The van der Waals surface area contributed by atoms with Crippen LogP contribution in [0.5, 0.6) is 0 Å². The van der Waals surface area contributed by atoms with Crippen molar-refractivity contribution in [1.29, 1.82) is 0 Å². The molecule has 0 saturated carbocycles. The third-order valence-corrected chi connectivity index (χ3v) is 3.31. The molecule has 0 atom stereocenters. The first kappa shape index (κ1) is 11.8. The third-order valence-electron chi connectivity index (χ3n) is 3.31. The third kappa shape index (κ3) is 1.75. The minimum atomic E-state index is -0.784. The Morgan fingerprint density at radius 2 is 1.88 bits per heavy atom. The number of benzene rings is 1. The average molecular weight is 240 g/mol. The van der Waals surface area contributed by atoms with Crippen LogP contribution in [-0.2, 0) is 4.79 Å². The van der Waals surface area contributed by atoms with Gasteiger partial charge >= 0.3 is 0 Å². The molecule has 0 aromatic heterocycles. The highest BCUT2D eigenvalue weighted by molar-refractivity contribution is 6.06. The molecule has 0 spiro atoms. The maximum Gasteiger partial charge on any atom is 0.250 e. The first-order valence-corrected chi connectivity index (χ1v) is 5.61. The molecule has 1 heterocycles. The van der Waals surface area contributed by atoms with Crippen molar-refractivity contribution in [2.24, 2.45) is 0 Å². The molecule has 3 nitrogen and oxygen atoms in total. The lowest BCUT2D eigenvalue weighted by Gasteiger charge is -2.37. The van der Waals surface area contributed by atoms with Crippen LogP contribution in [-0.4, -0.2) is 11.4 Å². The molecule has 0 bridgehead atoms. The van der Waals surface area contributed by atoms with Crippen LogP contribution in [0.25, 0.3) is 0 Å². The van der Waals surface area contributed by atoms with Crippen LogP contribution >= 0.6 is 0 Å². The van der Waals surface area contributed by atoms with Crippen molar-refractivity contribution < 1.29 is 13.6 Å². The first-order chi connectivity index (χ1) is 8.02. The Bertz CT molecular complexity index is 470. The van der Waals surface area contributed by atoms with Gasteiger partial charge in [0.25, 0.3) is 0 Å². The largest absolute Gasteiger partial charge is 0.369 e. The van der Waals surface area contributed by atoms with Gasteiger partial charge in [0.2, 0.25) is 5.91 Å². The topological polar surface area (TPSA) is 41.1 Å². The summed E-state index contributed by atoms with van der Waals surface area (Å²) in [5, 5.41) is 5.45. The van der Waals surface area contributed by atoms with Gasteiger partial charge in [-0.15, -0.1) is 0 Å². The quantitative estimate of drug-likeness (QED) is 0.834. The van der Waals surface area contributed by atoms with E-state index in [4.69, 9.17) is 0 Å². The van der Waals surface area contributed by atoms with Gasteiger partial charge in [-0.2, -0.15) is 0 Å². The van der Waals surface area contributed by atoms with Crippen LogP contribution in [0.15, 0.2) is 12.1 Å². The fourth-order valence-electron chi connectivity index (χ4n) is 2.09. The van der Waals surface area contributed by atoms with E-state index in [1.54, 1.807) is 0 Å². The van der Waals surface area contributed by atoms with Crippen molar-refractivity contribution in [3.63, 3.8) is 0 Å². The predicted molar refractivity (Wildman–Crippen MR) is 61.9 cm³/mol. The Hall–Kier alpha value is -1.65. The van der Waals surface area contributed by atoms with Crippen LogP contribution in [0, 0.1) is 11.6 Å².